The summed E-state index contributed by atoms with van der Waals surface area (Å²) in [6.45, 7) is 17.4. The van der Waals surface area contributed by atoms with Crippen LogP contribution in [0.3, 0.4) is 0 Å². The van der Waals surface area contributed by atoms with E-state index < -0.39 is 6.68 Å². The fourth-order valence-corrected chi connectivity index (χ4v) is 4.24. The molecule has 1 aliphatic rings. The maximum atomic E-state index is 9.58. The third-order valence-electron chi connectivity index (χ3n) is 5.84. The molecule has 0 spiro atoms. The Morgan fingerprint density at radius 3 is 1.03 bits per heavy atom. The van der Waals surface area contributed by atoms with E-state index >= 15 is 0 Å². The minimum Gasteiger partial charge on any atom is -0.479 e. The van der Waals surface area contributed by atoms with Gasteiger partial charge in [-0.25, -0.2) is 0 Å². The van der Waals surface area contributed by atoms with E-state index in [-0.39, 0.29) is 17.1 Å². The van der Waals surface area contributed by atoms with Gasteiger partial charge in [-0.05, 0) is 58.3 Å². The van der Waals surface area contributed by atoms with E-state index in [0.29, 0.717) is 23.7 Å². The zero-order valence-corrected chi connectivity index (χ0v) is 22.3. The van der Waals surface area contributed by atoms with E-state index in [1.165, 1.54) is 33.6 Å². The molecule has 0 unspecified atom stereocenters. The summed E-state index contributed by atoms with van der Waals surface area (Å²) in [6, 6.07) is 13.5. The third-order valence-corrected chi connectivity index (χ3v) is 5.84. The molecule has 0 saturated heterocycles. The van der Waals surface area contributed by atoms with Crippen molar-refractivity contribution in [3.63, 3.8) is 0 Å². The minimum atomic E-state index is -3.08. The SMILES string of the molecule is CC(C)c1cccc(C(C)C)c1N1C=CN(c2c(C(C)C)cccc2C(C)C)[CH-]1.F[C-](F)F.[Cu+2]. The molecule has 0 atom stereocenters. The van der Waals surface area contributed by atoms with Gasteiger partial charge in [0.2, 0.25) is 0 Å². The predicted molar refractivity (Wildman–Crippen MR) is 134 cm³/mol. The van der Waals surface area contributed by atoms with Crippen molar-refractivity contribution in [1.82, 2.24) is 0 Å². The molecule has 0 aromatic heterocycles. The van der Waals surface area contributed by atoms with Crippen LogP contribution in [0.4, 0.5) is 24.5 Å². The Balaban J connectivity index is 0.00000107. The molecule has 2 nitrogen and oxygen atoms in total. The first-order valence-electron chi connectivity index (χ1n) is 11.6. The van der Waals surface area contributed by atoms with Gasteiger partial charge in [0.1, 0.15) is 0 Å². The molecule has 1 aliphatic heterocycles. The maximum Gasteiger partial charge on any atom is 2.00 e. The third kappa shape index (κ3) is 7.29. The second-order valence-electron chi connectivity index (χ2n) is 9.63. The van der Waals surface area contributed by atoms with Crippen molar-refractivity contribution in [3.05, 3.63) is 84.4 Å². The van der Waals surface area contributed by atoms with Crippen LogP contribution in [0.5, 0.6) is 0 Å². The first kappa shape index (κ1) is 30.1. The molecule has 1 heterocycles. The minimum absolute atomic E-state index is 0. The van der Waals surface area contributed by atoms with Crippen LogP contribution < -0.4 is 9.80 Å². The molecule has 0 amide bonds. The number of halogens is 3. The van der Waals surface area contributed by atoms with Crippen molar-refractivity contribution < 1.29 is 30.2 Å². The molecule has 2 aromatic rings. The first-order chi connectivity index (χ1) is 15.5. The van der Waals surface area contributed by atoms with Crippen molar-refractivity contribution in [2.24, 2.45) is 0 Å². The fourth-order valence-electron chi connectivity index (χ4n) is 4.24. The molecule has 191 valence electrons. The summed E-state index contributed by atoms with van der Waals surface area (Å²) >= 11 is 0. The molecule has 0 saturated carbocycles. The van der Waals surface area contributed by atoms with E-state index in [1.807, 2.05) is 0 Å². The van der Waals surface area contributed by atoms with Gasteiger partial charge in [0.25, 0.3) is 0 Å². The number of anilines is 2. The Morgan fingerprint density at radius 2 is 0.824 bits per heavy atom. The van der Waals surface area contributed by atoms with Crippen LogP contribution >= 0.6 is 0 Å². The molecule has 0 fully saturated rings. The van der Waals surface area contributed by atoms with Crippen LogP contribution in [0.25, 0.3) is 0 Å². The quantitative estimate of drug-likeness (QED) is 0.276. The molecule has 0 aliphatic carbocycles. The van der Waals surface area contributed by atoms with E-state index in [9.17, 15) is 13.2 Å². The molecule has 0 N–H and O–H groups in total. The second kappa shape index (κ2) is 13.3. The van der Waals surface area contributed by atoms with Gasteiger partial charge in [-0.15, -0.1) is 6.67 Å². The van der Waals surface area contributed by atoms with Crippen molar-refractivity contribution in [2.45, 2.75) is 79.1 Å². The summed E-state index contributed by atoms with van der Waals surface area (Å²) in [5.41, 5.74) is 8.29. The van der Waals surface area contributed by atoms with Crippen LogP contribution in [0.2, 0.25) is 0 Å². The van der Waals surface area contributed by atoms with E-state index in [0.717, 1.165) is 0 Å². The van der Waals surface area contributed by atoms with Gasteiger partial charge in [-0.3, -0.25) is 0 Å². The van der Waals surface area contributed by atoms with Crippen molar-refractivity contribution in [3.8, 4) is 0 Å². The van der Waals surface area contributed by atoms with Gasteiger partial charge in [0, 0.05) is 11.4 Å². The molecular weight excluding hydrogens is 485 g/mol. The van der Waals surface area contributed by atoms with E-state index in [4.69, 9.17) is 0 Å². The summed E-state index contributed by atoms with van der Waals surface area (Å²) in [5.74, 6) is 1.92. The maximum absolute atomic E-state index is 9.58. The first-order valence-corrected chi connectivity index (χ1v) is 11.6. The normalized spacial score (nSPS) is 13.3. The molecule has 34 heavy (non-hydrogen) atoms. The van der Waals surface area contributed by atoms with Gasteiger partial charge in [0.05, 0.1) is 0 Å². The Kier molecular flexibility index (Phi) is 11.7. The van der Waals surface area contributed by atoms with E-state index in [2.05, 4.69) is 121 Å². The number of benzene rings is 2. The molecule has 6 heteroatoms. The summed E-state index contributed by atoms with van der Waals surface area (Å²) in [6.07, 6.45) is 4.43. The number of rotatable bonds is 6. The summed E-state index contributed by atoms with van der Waals surface area (Å²) in [5, 5.41) is 0. The van der Waals surface area contributed by atoms with Gasteiger partial charge < -0.3 is 23.0 Å². The van der Waals surface area contributed by atoms with Gasteiger partial charge in [-0.1, -0.05) is 91.8 Å². The summed E-state index contributed by atoms with van der Waals surface area (Å²) in [4.78, 5) is 4.65. The second-order valence-corrected chi connectivity index (χ2v) is 9.63. The Morgan fingerprint density at radius 1 is 0.588 bits per heavy atom. The van der Waals surface area contributed by atoms with Crippen molar-refractivity contribution in [1.29, 1.82) is 0 Å². The smallest absolute Gasteiger partial charge is 0.479 e. The van der Waals surface area contributed by atoms with Gasteiger partial charge in [0.15, 0.2) is 6.68 Å². The van der Waals surface area contributed by atoms with E-state index in [1.54, 1.807) is 0 Å². The molecule has 3 rings (SSSR count). The number of hydrogen-bond donors (Lipinski definition) is 0. The van der Waals surface area contributed by atoms with Crippen LogP contribution in [0.1, 0.15) is 101 Å². The number of nitrogens with zero attached hydrogens (tertiary/aromatic N) is 2. The van der Waals surface area contributed by atoms with Gasteiger partial charge in [-0.2, -0.15) is 0 Å². The molecular formula is C28H37CuF3N2. The zero-order chi connectivity index (χ0) is 24.9. The molecule has 1 radical (unpaired) electrons. The van der Waals surface area contributed by atoms with Crippen LogP contribution in [-0.2, 0) is 17.1 Å². The number of hydrogen-bond acceptors (Lipinski definition) is 2. The van der Waals surface area contributed by atoms with Crippen LogP contribution in [-0.4, -0.2) is 0 Å². The van der Waals surface area contributed by atoms with Crippen LogP contribution in [0.15, 0.2) is 48.8 Å². The Labute approximate surface area is 214 Å². The Hall–Kier alpha value is -1.91. The largest absolute Gasteiger partial charge is 2.00 e. The standard InChI is InChI=1S/C27H37N2.CF3.Cu/c1-18(2)22-11-9-12-23(19(3)4)26(22)28-15-16-29(17-28)27-24(20(5)6)13-10-14-25(27)21(7)8;2-1(3)4;/h9-21H,1-8H3;;/q2*-1;+2. The molecule has 2 aromatic carbocycles. The zero-order valence-electron chi connectivity index (χ0n) is 21.3. The molecule has 0 bridgehead atoms. The monoisotopic (exact) mass is 521 g/mol. The average molecular weight is 522 g/mol. The fraction of sp³-hybridized carbons (Fsp3) is 0.429. The average Bonchev–Trinajstić information content (AvgIpc) is 3.21. The topological polar surface area (TPSA) is 6.48 Å². The summed E-state index contributed by atoms with van der Waals surface area (Å²) < 4.78 is 28.8. The van der Waals surface area contributed by atoms with Crippen molar-refractivity contribution in [2.75, 3.05) is 9.80 Å². The van der Waals surface area contributed by atoms with Crippen LogP contribution in [0, 0.1) is 13.3 Å². The number of para-hydroxylation sites is 2. The van der Waals surface area contributed by atoms with Gasteiger partial charge >= 0.3 is 17.1 Å². The van der Waals surface area contributed by atoms with Crippen molar-refractivity contribution >= 4 is 11.4 Å². The Bertz CT molecular complexity index is 812. The summed E-state index contributed by atoms with van der Waals surface area (Å²) in [7, 11) is 0. The predicted octanol–water partition coefficient (Wildman–Crippen LogP) is 9.44.